The number of nitro benzene ring substituents is 1. The first-order valence-electron chi connectivity index (χ1n) is 7.82. The SMILES string of the molecule is Cc1csc(Sc2ccc([N+](=O)[O-])cc2C(=O)OCc2c(C)noc2C)n1. The maximum atomic E-state index is 12.6. The molecule has 8 nitrogen and oxygen atoms in total. The van der Waals surface area contributed by atoms with E-state index in [0.717, 1.165) is 10.0 Å². The lowest BCUT2D eigenvalue weighted by molar-refractivity contribution is -0.384. The van der Waals surface area contributed by atoms with Gasteiger partial charge in [0.15, 0.2) is 4.34 Å². The van der Waals surface area contributed by atoms with E-state index >= 15 is 0 Å². The fourth-order valence-corrected chi connectivity index (χ4v) is 4.17. The minimum atomic E-state index is -0.658. The number of thiazole rings is 1. The summed E-state index contributed by atoms with van der Waals surface area (Å²) in [5.74, 6) is -0.0957. The Kier molecular flexibility index (Phi) is 5.57. The third-order valence-electron chi connectivity index (χ3n) is 3.72. The van der Waals surface area contributed by atoms with Crippen LogP contribution in [-0.4, -0.2) is 21.0 Å². The topological polar surface area (TPSA) is 108 Å². The molecule has 0 bridgehead atoms. The molecule has 0 N–H and O–H groups in total. The number of hydrogen-bond acceptors (Lipinski definition) is 9. The van der Waals surface area contributed by atoms with Gasteiger partial charge in [-0.05, 0) is 26.8 Å². The van der Waals surface area contributed by atoms with E-state index in [-0.39, 0.29) is 17.9 Å². The van der Waals surface area contributed by atoms with Gasteiger partial charge in [0.2, 0.25) is 0 Å². The summed E-state index contributed by atoms with van der Waals surface area (Å²) < 4.78 is 11.1. The summed E-state index contributed by atoms with van der Waals surface area (Å²) in [6, 6.07) is 4.11. The van der Waals surface area contributed by atoms with Gasteiger partial charge in [0.05, 0.1) is 21.7 Å². The van der Waals surface area contributed by atoms with E-state index in [9.17, 15) is 14.9 Å². The molecule has 0 saturated carbocycles. The fraction of sp³-hybridized carbons (Fsp3) is 0.235. The van der Waals surface area contributed by atoms with Crippen molar-refractivity contribution in [1.82, 2.24) is 10.1 Å². The second-order valence-corrected chi connectivity index (χ2v) is 7.82. The number of nitro groups is 1. The van der Waals surface area contributed by atoms with Gasteiger partial charge in [-0.2, -0.15) is 0 Å². The van der Waals surface area contributed by atoms with Gasteiger partial charge in [-0.3, -0.25) is 10.1 Å². The van der Waals surface area contributed by atoms with Gasteiger partial charge in [-0.1, -0.05) is 16.9 Å². The number of hydrogen-bond donors (Lipinski definition) is 0. The zero-order valence-corrected chi connectivity index (χ0v) is 16.3. The second-order valence-electron chi connectivity index (χ2n) is 5.67. The number of carbonyl (C=O) groups is 1. The summed E-state index contributed by atoms with van der Waals surface area (Å²) in [6.45, 7) is 5.32. The van der Waals surface area contributed by atoms with Gasteiger partial charge in [0, 0.05) is 28.1 Å². The van der Waals surface area contributed by atoms with Crippen molar-refractivity contribution in [1.29, 1.82) is 0 Å². The first-order chi connectivity index (χ1) is 12.8. The molecule has 0 saturated heterocycles. The summed E-state index contributed by atoms with van der Waals surface area (Å²) in [5, 5.41) is 16.8. The second kappa shape index (κ2) is 7.89. The fourth-order valence-electron chi connectivity index (χ4n) is 2.28. The summed E-state index contributed by atoms with van der Waals surface area (Å²) >= 11 is 2.70. The van der Waals surface area contributed by atoms with Crippen LogP contribution in [0.25, 0.3) is 0 Å². The van der Waals surface area contributed by atoms with E-state index in [1.165, 1.54) is 41.3 Å². The van der Waals surface area contributed by atoms with Gasteiger partial charge >= 0.3 is 5.97 Å². The molecule has 0 aliphatic heterocycles. The summed E-state index contributed by atoms with van der Waals surface area (Å²) in [6.07, 6.45) is 0. The largest absolute Gasteiger partial charge is 0.457 e. The van der Waals surface area contributed by atoms with E-state index in [4.69, 9.17) is 9.26 Å². The molecule has 0 atom stereocenters. The van der Waals surface area contributed by atoms with Gasteiger partial charge in [-0.25, -0.2) is 9.78 Å². The van der Waals surface area contributed by atoms with Crippen LogP contribution < -0.4 is 0 Å². The molecular weight excluding hydrogens is 390 g/mol. The molecule has 0 unspecified atom stereocenters. The Hall–Kier alpha value is -2.72. The first-order valence-corrected chi connectivity index (χ1v) is 9.52. The number of nitrogens with zero attached hydrogens (tertiary/aromatic N) is 3. The van der Waals surface area contributed by atoms with Crippen molar-refractivity contribution in [2.45, 2.75) is 36.6 Å². The Morgan fingerprint density at radius 2 is 2.15 bits per heavy atom. The van der Waals surface area contributed by atoms with Gasteiger partial charge in [0.25, 0.3) is 5.69 Å². The predicted molar refractivity (Wildman–Crippen MR) is 99.2 cm³/mol. The Morgan fingerprint density at radius 1 is 1.37 bits per heavy atom. The zero-order chi connectivity index (χ0) is 19.6. The molecule has 0 aliphatic rings. The maximum absolute atomic E-state index is 12.6. The van der Waals surface area contributed by atoms with Crippen LogP contribution in [0.3, 0.4) is 0 Å². The Balaban J connectivity index is 1.87. The lowest BCUT2D eigenvalue weighted by atomic mass is 10.2. The van der Waals surface area contributed by atoms with Crippen LogP contribution in [0.15, 0.2) is 37.3 Å². The van der Waals surface area contributed by atoms with Crippen molar-refractivity contribution in [3.05, 3.63) is 62.0 Å². The van der Waals surface area contributed by atoms with Crippen LogP contribution in [0.2, 0.25) is 0 Å². The van der Waals surface area contributed by atoms with Gasteiger partial charge in [-0.15, -0.1) is 11.3 Å². The lowest BCUT2D eigenvalue weighted by Crippen LogP contribution is -2.08. The number of carbonyl (C=O) groups excluding carboxylic acids is 1. The summed E-state index contributed by atoms with van der Waals surface area (Å²) in [7, 11) is 0. The molecule has 2 aromatic heterocycles. The number of aromatic nitrogens is 2. The van der Waals surface area contributed by atoms with Gasteiger partial charge in [0.1, 0.15) is 12.4 Å². The number of aryl methyl sites for hydroxylation is 3. The highest BCUT2D eigenvalue weighted by atomic mass is 32.2. The standard InChI is InChI=1S/C17H15N3O5S2/c1-9-8-26-17(18-9)27-15-5-4-12(20(22)23)6-13(15)16(21)24-7-14-10(2)19-25-11(14)3/h4-6,8H,7H2,1-3H3. The highest BCUT2D eigenvalue weighted by Crippen LogP contribution is 2.34. The molecule has 0 fully saturated rings. The van der Waals surface area contributed by atoms with Crippen molar-refractivity contribution >= 4 is 34.8 Å². The normalized spacial score (nSPS) is 10.8. The smallest absolute Gasteiger partial charge is 0.339 e. The van der Waals surface area contributed by atoms with Crippen LogP contribution in [0, 0.1) is 30.9 Å². The lowest BCUT2D eigenvalue weighted by Gasteiger charge is -2.08. The molecule has 0 aliphatic carbocycles. The van der Waals surface area contributed by atoms with Crippen LogP contribution in [-0.2, 0) is 11.3 Å². The van der Waals surface area contributed by atoms with E-state index in [2.05, 4.69) is 10.1 Å². The minimum Gasteiger partial charge on any atom is -0.457 e. The molecule has 3 rings (SSSR count). The van der Waals surface area contributed by atoms with Crippen LogP contribution in [0.4, 0.5) is 5.69 Å². The molecule has 10 heteroatoms. The quantitative estimate of drug-likeness (QED) is 0.336. The average Bonchev–Trinajstić information content (AvgIpc) is 3.18. The van der Waals surface area contributed by atoms with E-state index in [0.29, 0.717) is 21.9 Å². The van der Waals surface area contributed by atoms with Gasteiger partial charge < -0.3 is 9.26 Å². The predicted octanol–water partition coefficient (Wildman–Crippen LogP) is 4.47. The number of benzene rings is 1. The molecule has 0 radical (unpaired) electrons. The van der Waals surface area contributed by atoms with Crippen molar-refractivity contribution in [3.63, 3.8) is 0 Å². The third-order valence-corrected chi connectivity index (χ3v) is 5.85. The maximum Gasteiger partial charge on any atom is 0.339 e. The van der Waals surface area contributed by atoms with Crippen LogP contribution in [0.5, 0.6) is 0 Å². The summed E-state index contributed by atoms with van der Waals surface area (Å²) in [4.78, 5) is 28.1. The molecule has 1 aromatic carbocycles. The Morgan fingerprint density at radius 3 is 2.74 bits per heavy atom. The van der Waals surface area contributed by atoms with Crippen molar-refractivity contribution < 1.29 is 19.0 Å². The van der Waals surface area contributed by atoms with Crippen molar-refractivity contribution in [2.24, 2.45) is 0 Å². The van der Waals surface area contributed by atoms with Crippen molar-refractivity contribution in [3.8, 4) is 0 Å². The molecule has 140 valence electrons. The molecule has 2 heterocycles. The number of ether oxygens (including phenoxy) is 1. The van der Waals surface area contributed by atoms with E-state index in [1.54, 1.807) is 13.8 Å². The highest BCUT2D eigenvalue weighted by Gasteiger charge is 2.21. The van der Waals surface area contributed by atoms with Crippen molar-refractivity contribution in [2.75, 3.05) is 0 Å². The Bertz CT molecular complexity index is 992. The number of esters is 1. The monoisotopic (exact) mass is 405 g/mol. The highest BCUT2D eigenvalue weighted by molar-refractivity contribution is 8.01. The minimum absolute atomic E-state index is 0.0246. The first kappa shape index (κ1) is 19.1. The zero-order valence-electron chi connectivity index (χ0n) is 14.7. The summed E-state index contributed by atoms with van der Waals surface area (Å²) in [5.41, 5.74) is 2.12. The number of rotatable bonds is 6. The third kappa shape index (κ3) is 4.34. The molecular formula is C17H15N3O5S2. The van der Waals surface area contributed by atoms with Crippen LogP contribution in [0.1, 0.15) is 33.1 Å². The molecule has 27 heavy (non-hydrogen) atoms. The molecule has 3 aromatic rings. The Labute approximate surface area is 162 Å². The molecule has 0 spiro atoms. The van der Waals surface area contributed by atoms with Crippen LogP contribution >= 0.6 is 23.1 Å². The molecule has 0 amide bonds. The van der Waals surface area contributed by atoms with E-state index in [1.807, 2.05) is 12.3 Å². The average molecular weight is 405 g/mol. The van der Waals surface area contributed by atoms with E-state index < -0.39 is 10.9 Å². The number of non-ortho nitro benzene ring substituents is 1.